The highest BCUT2D eigenvalue weighted by atomic mass is 33.1. The molecule has 25 unspecified atom stereocenters. The van der Waals surface area contributed by atoms with Crippen LogP contribution in [-0.2, 0) is 19.1 Å². The predicted molar refractivity (Wildman–Crippen MR) is 323 cm³/mol. The quantitative estimate of drug-likeness (QED) is 0.0350. The number of carbonyl (C=O) groups excluding carboxylic acids is 3. The first-order valence-corrected chi connectivity index (χ1v) is 34.2. The van der Waals surface area contributed by atoms with Gasteiger partial charge in [0.2, 0.25) is 0 Å². The maximum Gasteiger partial charge on any atom is 0.313 e. The van der Waals surface area contributed by atoms with Crippen LogP contribution in [0.2, 0.25) is 0 Å². The third-order valence-electron chi connectivity index (χ3n) is 24.7. The maximum absolute atomic E-state index is 16.3. The van der Waals surface area contributed by atoms with E-state index in [1.54, 1.807) is 35.4 Å². The summed E-state index contributed by atoms with van der Waals surface area (Å²) < 4.78 is 6.09. The van der Waals surface area contributed by atoms with Gasteiger partial charge in [-0.1, -0.05) is 72.1 Å². The molecule has 454 valence electrons. The van der Waals surface area contributed by atoms with E-state index < -0.39 is 81.8 Å². The number of ketones is 2. The van der Waals surface area contributed by atoms with Crippen molar-refractivity contribution in [2.75, 3.05) is 31.2 Å². The van der Waals surface area contributed by atoms with E-state index in [0.717, 1.165) is 43.2 Å². The number of esters is 1. The number of aromatic nitrogens is 1. The van der Waals surface area contributed by atoms with Crippen LogP contribution in [0.1, 0.15) is 134 Å². The van der Waals surface area contributed by atoms with Gasteiger partial charge in [-0.05, 0) is 183 Å². The van der Waals surface area contributed by atoms with Crippen molar-refractivity contribution in [1.29, 1.82) is 0 Å². The van der Waals surface area contributed by atoms with Crippen LogP contribution in [0.4, 0.5) is 0 Å². The molecule has 8 bridgehead atoms. The van der Waals surface area contributed by atoms with Crippen LogP contribution < -0.4 is 16.8 Å². The molecule has 2 aliphatic heterocycles. The van der Waals surface area contributed by atoms with E-state index in [-0.39, 0.29) is 134 Å². The van der Waals surface area contributed by atoms with Gasteiger partial charge in [-0.25, -0.2) is 0 Å². The van der Waals surface area contributed by atoms with Crippen LogP contribution in [0, 0.1) is 117 Å². The number of hydrogen-bond donors (Lipinski definition) is 10. The molecule has 17 heteroatoms. The Balaban J connectivity index is 0.990. The second kappa shape index (κ2) is 22.1. The molecule has 9 aliphatic carbocycles. The Kier molecular flexibility index (Phi) is 15.4. The molecule has 1 aromatic carbocycles. The number of nitrogens with zero attached hydrogens (tertiary/aromatic N) is 1. The average Bonchev–Trinajstić information content (AvgIpc) is 1.54. The molecule has 13 rings (SSSR count). The van der Waals surface area contributed by atoms with E-state index in [2.05, 4.69) is 49.0 Å². The Morgan fingerprint density at radius 2 is 1.65 bits per heavy atom. The molecule has 6 saturated carbocycles. The lowest BCUT2D eigenvalue weighted by Gasteiger charge is -2.68. The third-order valence-corrected chi connectivity index (χ3v) is 27.3. The number of cyclic esters (lactones) is 1. The highest BCUT2D eigenvalue weighted by Crippen LogP contribution is 2.77. The number of fused-ring (bicyclic) bond motifs is 8. The number of hydrogen-bond acceptors (Lipinski definition) is 14. The Morgan fingerprint density at radius 1 is 0.869 bits per heavy atom. The number of nitrogens with two attached hydrogens (primary N) is 2. The summed E-state index contributed by atoms with van der Waals surface area (Å²) in [6.07, 6.45) is 10.5. The number of aromatic amines is 1. The predicted octanol–water partition coefficient (Wildman–Crippen LogP) is 7.37. The highest BCUT2D eigenvalue weighted by Gasteiger charge is 2.79. The van der Waals surface area contributed by atoms with Gasteiger partial charge < -0.3 is 57.1 Å². The smallest absolute Gasteiger partial charge is 0.313 e. The number of carbonyl (C=O) groups is 3. The number of allylic oxidation sites excluding steroid dienone is 3. The second-order valence-electron chi connectivity index (χ2n) is 29.0. The number of rotatable bonds is 5. The molecule has 11 aliphatic rings. The largest absolute Gasteiger partial charge is 0.508 e. The summed E-state index contributed by atoms with van der Waals surface area (Å²) in [5.74, 6) is 4.62. The van der Waals surface area contributed by atoms with Gasteiger partial charge in [-0.15, -0.1) is 5.92 Å². The SMILES string of the molecule is CC1CCC2=CC3CCC4C(C5COC(=O)C5c5cc[nH]c5)C#CCC5CC6(O)C7=C8NCC(=O)CC(c9ccc(O)cc9)CSSCC9C(O)C(O)CC(C)(C7C7CCC(CN=C(N)N)C6(C7)C5C(C)(O)C(O)CC(C)C3C4C2C1)C9C8=O. The fraction of sp³-hybridized carbons (Fsp3) is 0.701. The number of nitrogens with one attached hydrogen (secondary N) is 2. The van der Waals surface area contributed by atoms with E-state index in [4.69, 9.17) is 21.2 Å². The number of phenols is 1. The number of aliphatic hydroxyl groups excluding tert-OH is 3. The van der Waals surface area contributed by atoms with Crippen molar-refractivity contribution < 1.29 is 49.8 Å². The van der Waals surface area contributed by atoms with Gasteiger partial charge in [0.15, 0.2) is 17.5 Å². The number of aromatic hydroxyl groups is 1. The standard InChI is InChI=1S/C67H89N5O10S2/c1-33-8-9-36-22-37-13-17-46-45(48-30-82-62(79)53(48)40-18-19-70-27-40)7-5-6-39-25-67(81)57-55(38-10-14-42(28-72-63(68)69)66(67,24-38)61(39)65(4,80)51(76)21-34(2)52(37)54(46)47(36)20-33)64(3)26-50(75)59(77)49-32-84-83-31-41(35-11-15-43(73)16-12-35)23-44(74)29-71-58(57)60(78)56(49)64/h11-12,15-16,18-19,22,27,33-34,37-39,41-42,45-56,59,61,70-71,73,75-77,80-81H,6,8-10,13-14,17,20-21,23-26,28-32H2,1-4H3,(H4,68,69,72). The van der Waals surface area contributed by atoms with Gasteiger partial charge in [0.1, 0.15) is 5.75 Å². The van der Waals surface area contributed by atoms with Gasteiger partial charge in [-0.2, -0.15) is 0 Å². The lowest BCUT2D eigenvalue weighted by atomic mass is 9.37. The van der Waals surface area contributed by atoms with E-state index in [1.165, 1.54) is 10.8 Å². The summed E-state index contributed by atoms with van der Waals surface area (Å²) in [5.41, 5.74) is 10.6. The van der Waals surface area contributed by atoms with Gasteiger partial charge in [0, 0.05) is 84.2 Å². The van der Waals surface area contributed by atoms with Crippen LogP contribution in [0.5, 0.6) is 5.75 Å². The van der Waals surface area contributed by atoms with Crippen molar-refractivity contribution in [3.8, 4) is 17.6 Å². The van der Waals surface area contributed by atoms with Crippen molar-refractivity contribution in [2.45, 2.75) is 153 Å². The molecule has 8 fully saturated rings. The second-order valence-corrected chi connectivity index (χ2v) is 31.6. The lowest BCUT2D eigenvalue weighted by Crippen LogP contribution is -2.71. The number of benzene rings is 1. The van der Waals surface area contributed by atoms with Gasteiger partial charge in [-0.3, -0.25) is 19.4 Å². The first-order chi connectivity index (χ1) is 40.2. The maximum atomic E-state index is 16.3. The minimum Gasteiger partial charge on any atom is -0.508 e. The molecule has 12 N–H and O–H groups in total. The fourth-order valence-electron chi connectivity index (χ4n) is 21.7. The lowest BCUT2D eigenvalue weighted by molar-refractivity contribution is -0.230. The third kappa shape index (κ3) is 9.31. The number of aliphatic hydroxyl groups is 5. The van der Waals surface area contributed by atoms with Crippen molar-refractivity contribution in [2.24, 2.45) is 122 Å². The number of Topliss-reactive ketones (excluding diaryl/α,β-unsaturated/α-hetero) is 2. The van der Waals surface area contributed by atoms with Crippen LogP contribution in [0.25, 0.3) is 0 Å². The zero-order chi connectivity index (χ0) is 58.9. The molecule has 0 amide bonds. The Labute approximate surface area is 502 Å². The zero-order valence-electron chi connectivity index (χ0n) is 49.2. The van der Waals surface area contributed by atoms with Crippen LogP contribution >= 0.6 is 21.6 Å². The van der Waals surface area contributed by atoms with Crippen LogP contribution in [0.3, 0.4) is 0 Å². The number of H-pyrrole nitrogens is 1. The molecule has 3 heterocycles. The summed E-state index contributed by atoms with van der Waals surface area (Å²) >= 11 is 0. The van der Waals surface area contributed by atoms with Gasteiger partial charge in [0.25, 0.3) is 0 Å². The van der Waals surface area contributed by atoms with Gasteiger partial charge in [0.05, 0.1) is 54.3 Å². The Bertz CT molecular complexity index is 3040. The molecule has 2 saturated heterocycles. The molecule has 15 nitrogen and oxygen atoms in total. The van der Waals surface area contributed by atoms with Crippen molar-refractivity contribution in [1.82, 2.24) is 10.3 Å². The Hall–Kier alpha value is -4.28. The highest BCUT2D eigenvalue weighted by molar-refractivity contribution is 8.76. The van der Waals surface area contributed by atoms with E-state index >= 15 is 9.90 Å². The van der Waals surface area contributed by atoms with E-state index in [9.17, 15) is 35.1 Å². The van der Waals surface area contributed by atoms with Crippen molar-refractivity contribution >= 4 is 45.1 Å². The Morgan fingerprint density at radius 3 is 2.42 bits per heavy atom. The molecule has 0 radical (unpaired) electrons. The first kappa shape index (κ1) is 58.7. The first-order valence-electron chi connectivity index (χ1n) is 31.8. The topological polar surface area (TPSA) is 274 Å². The normalized spacial score (nSPS) is 47.2. The monoisotopic (exact) mass is 1190 g/mol. The van der Waals surface area contributed by atoms with Crippen LogP contribution in [-0.4, -0.2) is 120 Å². The number of phenolic OH excluding ortho intramolecular Hbond substituents is 1. The summed E-state index contributed by atoms with van der Waals surface area (Å²) in [5, 5.41) is 80.5. The molecular weight excluding hydrogens is 1100 g/mol. The van der Waals surface area contributed by atoms with E-state index in [1.807, 2.05) is 30.6 Å². The van der Waals surface area contributed by atoms with Crippen LogP contribution in [0.15, 0.2) is 70.6 Å². The summed E-state index contributed by atoms with van der Waals surface area (Å²) in [6, 6.07) is 8.88. The number of ether oxygens (including phenoxy) is 1. The molecule has 1 aromatic heterocycles. The molecule has 25 atom stereocenters. The summed E-state index contributed by atoms with van der Waals surface area (Å²) in [4.78, 5) is 52.9. The van der Waals surface area contributed by atoms with Gasteiger partial charge >= 0.3 is 5.97 Å². The molecule has 84 heavy (non-hydrogen) atoms. The zero-order valence-corrected chi connectivity index (χ0v) is 50.8. The number of guanidine groups is 1. The number of aliphatic imine (C=N–C) groups is 1. The molecular formula is C67H89N5O10S2. The summed E-state index contributed by atoms with van der Waals surface area (Å²) in [6.45, 7) is 8.68. The van der Waals surface area contributed by atoms with E-state index in [0.29, 0.717) is 54.6 Å². The molecule has 2 aromatic rings. The van der Waals surface area contributed by atoms with Crippen molar-refractivity contribution in [3.05, 3.63) is 76.8 Å². The molecule has 1 spiro atoms. The fourth-order valence-corrected chi connectivity index (χ4v) is 24.4. The van der Waals surface area contributed by atoms with Crippen molar-refractivity contribution in [3.63, 3.8) is 0 Å². The summed E-state index contributed by atoms with van der Waals surface area (Å²) in [7, 11) is 3.11. The average molecular weight is 1190 g/mol. The minimum absolute atomic E-state index is 0.0368. The minimum atomic E-state index is -1.86.